The first-order valence-electron chi connectivity index (χ1n) is 5.98. The number of anilines is 1. The summed E-state index contributed by atoms with van der Waals surface area (Å²) >= 11 is 12.2. The van der Waals surface area contributed by atoms with Crippen molar-refractivity contribution in [3.63, 3.8) is 0 Å². The molecule has 0 heterocycles. The zero-order valence-electron chi connectivity index (χ0n) is 10.3. The molecule has 4 heteroatoms. The van der Waals surface area contributed by atoms with Crippen molar-refractivity contribution in [3.8, 4) is 0 Å². The van der Waals surface area contributed by atoms with Gasteiger partial charge in [-0.1, -0.05) is 47.5 Å². The van der Waals surface area contributed by atoms with Crippen molar-refractivity contribution < 1.29 is 0 Å². The second-order valence-corrected chi connectivity index (χ2v) is 4.92. The van der Waals surface area contributed by atoms with Gasteiger partial charge in [0.2, 0.25) is 0 Å². The fourth-order valence-electron chi connectivity index (χ4n) is 1.88. The van der Waals surface area contributed by atoms with Gasteiger partial charge in [0.25, 0.3) is 0 Å². The van der Waals surface area contributed by atoms with E-state index in [4.69, 9.17) is 28.6 Å². The molecule has 0 amide bonds. The van der Waals surface area contributed by atoms with Gasteiger partial charge in [0, 0.05) is 34.1 Å². The molecule has 0 atom stereocenters. The van der Waals surface area contributed by atoms with E-state index in [9.17, 15) is 0 Å². The van der Waals surface area contributed by atoms with Crippen LogP contribution < -0.4 is 5.32 Å². The topological polar surface area (TPSA) is 35.9 Å². The lowest BCUT2D eigenvalue weighted by molar-refractivity contribution is 1.02. The van der Waals surface area contributed by atoms with Crippen LogP contribution in [0, 0.1) is 5.41 Å². The molecule has 0 saturated carbocycles. The highest BCUT2D eigenvalue weighted by atomic mass is 35.5. The molecule has 2 rings (SSSR count). The monoisotopic (exact) mass is 292 g/mol. The molecule has 0 aliphatic rings. The second kappa shape index (κ2) is 6.60. The van der Waals surface area contributed by atoms with Gasteiger partial charge in [-0.05, 0) is 30.2 Å². The van der Waals surface area contributed by atoms with Crippen LogP contribution in [-0.2, 0) is 6.42 Å². The SMILES string of the molecule is N=Cc1ccccc1NCCc1c(Cl)cccc1Cl. The van der Waals surface area contributed by atoms with Crippen molar-refractivity contribution in [2.24, 2.45) is 0 Å². The summed E-state index contributed by atoms with van der Waals surface area (Å²) in [7, 11) is 0. The van der Waals surface area contributed by atoms with Crippen LogP contribution in [0.25, 0.3) is 0 Å². The Hall–Kier alpha value is -1.51. The number of hydrogen-bond donors (Lipinski definition) is 2. The molecule has 2 aromatic rings. The van der Waals surface area contributed by atoms with Gasteiger partial charge in [-0.3, -0.25) is 0 Å². The van der Waals surface area contributed by atoms with E-state index in [0.29, 0.717) is 16.6 Å². The Bertz CT molecular complexity index is 562. The van der Waals surface area contributed by atoms with Crippen molar-refractivity contribution in [2.45, 2.75) is 6.42 Å². The smallest absolute Gasteiger partial charge is 0.0453 e. The summed E-state index contributed by atoms with van der Waals surface area (Å²) in [5.74, 6) is 0. The molecule has 2 aromatic carbocycles. The molecular weight excluding hydrogens is 279 g/mol. The van der Waals surface area contributed by atoms with E-state index in [0.717, 1.165) is 23.2 Å². The van der Waals surface area contributed by atoms with Crippen molar-refractivity contribution >= 4 is 35.1 Å². The molecule has 0 radical (unpaired) electrons. The summed E-state index contributed by atoms with van der Waals surface area (Å²) in [5, 5.41) is 12.0. The van der Waals surface area contributed by atoms with Gasteiger partial charge in [-0.25, -0.2) is 0 Å². The first-order chi connectivity index (χ1) is 9.22. The average molecular weight is 293 g/mol. The fraction of sp³-hybridized carbons (Fsp3) is 0.133. The number of para-hydroxylation sites is 1. The number of benzene rings is 2. The average Bonchev–Trinajstić information content (AvgIpc) is 2.42. The highest BCUT2D eigenvalue weighted by Gasteiger charge is 2.05. The van der Waals surface area contributed by atoms with Crippen molar-refractivity contribution in [2.75, 3.05) is 11.9 Å². The first-order valence-corrected chi connectivity index (χ1v) is 6.74. The molecule has 2 N–H and O–H groups in total. The van der Waals surface area contributed by atoms with Gasteiger partial charge in [-0.15, -0.1) is 0 Å². The third-order valence-corrected chi connectivity index (χ3v) is 3.58. The van der Waals surface area contributed by atoms with Crippen LogP contribution >= 0.6 is 23.2 Å². The predicted octanol–water partition coefficient (Wildman–Crippen LogP) is 4.65. The third-order valence-electron chi connectivity index (χ3n) is 2.87. The number of rotatable bonds is 5. The molecule has 2 nitrogen and oxygen atoms in total. The highest BCUT2D eigenvalue weighted by Crippen LogP contribution is 2.24. The third kappa shape index (κ3) is 3.49. The molecule has 0 aliphatic heterocycles. The molecule has 0 saturated heterocycles. The molecule has 0 spiro atoms. The normalized spacial score (nSPS) is 10.2. The van der Waals surface area contributed by atoms with E-state index >= 15 is 0 Å². The van der Waals surface area contributed by atoms with Crippen LogP contribution in [0.4, 0.5) is 5.69 Å². The van der Waals surface area contributed by atoms with Gasteiger partial charge >= 0.3 is 0 Å². The van der Waals surface area contributed by atoms with Crippen molar-refractivity contribution in [1.29, 1.82) is 5.41 Å². The van der Waals surface area contributed by atoms with Crippen LogP contribution in [0.5, 0.6) is 0 Å². The lowest BCUT2D eigenvalue weighted by Crippen LogP contribution is -2.07. The zero-order valence-corrected chi connectivity index (χ0v) is 11.8. The van der Waals surface area contributed by atoms with Gasteiger partial charge < -0.3 is 10.7 Å². The summed E-state index contributed by atoms with van der Waals surface area (Å²) in [6, 6.07) is 13.2. The van der Waals surface area contributed by atoms with E-state index < -0.39 is 0 Å². The zero-order chi connectivity index (χ0) is 13.7. The maximum absolute atomic E-state index is 7.35. The Morgan fingerprint density at radius 2 is 1.68 bits per heavy atom. The van der Waals surface area contributed by atoms with Crippen molar-refractivity contribution in [1.82, 2.24) is 0 Å². The Kier molecular flexibility index (Phi) is 4.83. The molecule has 19 heavy (non-hydrogen) atoms. The molecule has 0 bridgehead atoms. The number of halogens is 2. The van der Waals surface area contributed by atoms with E-state index in [1.807, 2.05) is 42.5 Å². The summed E-state index contributed by atoms with van der Waals surface area (Å²) < 4.78 is 0. The fourth-order valence-corrected chi connectivity index (χ4v) is 2.46. The summed E-state index contributed by atoms with van der Waals surface area (Å²) in [6.07, 6.45) is 2.08. The van der Waals surface area contributed by atoms with E-state index in [2.05, 4.69) is 5.32 Å². The summed E-state index contributed by atoms with van der Waals surface area (Å²) in [4.78, 5) is 0. The minimum absolute atomic E-state index is 0.689. The van der Waals surface area contributed by atoms with Crippen LogP contribution in [0.3, 0.4) is 0 Å². The lowest BCUT2D eigenvalue weighted by Gasteiger charge is -2.11. The van der Waals surface area contributed by atoms with E-state index in [1.165, 1.54) is 6.21 Å². The maximum Gasteiger partial charge on any atom is 0.0453 e. The van der Waals surface area contributed by atoms with Crippen molar-refractivity contribution in [3.05, 3.63) is 63.6 Å². The van der Waals surface area contributed by atoms with Gasteiger partial charge in [0.05, 0.1) is 0 Å². The Balaban J connectivity index is 2.02. The van der Waals surface area contributed by atoms with Crippen LogP contribution in [0.1, 0.15) is 11.1 Å². The van der Waals surface area contributed by atoms with Crippen LogP contribution in [0.15, 0.2) is 42.5 Å². The van der Waals surface area contributed by atoms with Gasteiger partial charge in [0.15, 0.2) is 0 Å². The highest BCUT2D eigenvalue weighted by molar-refractivity contribution is 6.35. The Morgan fingerprint density at radius 1 is 1.00 bits per heavy atom. The van der Waals surface area contributed by atoms with Crippen LogP contribution in [0.2, 0.25) is 10.0 Å². The quantitative estimate of drug-likeness (QED) is 0.774. The summed E-state index contributed by atoms with van der Waals surface area (Å²) in [6.45, 7) is 0.717. The first kappa shape index (κ1) is 13.9. The minimum atomic E-state index is 0.689. The summed E-state index contributed by atoms with van der Waals surface area (Å²) in [5.41, 5.74) is 2.76. The van der Waals surface area contributed by atoms with Gasteiger partial charge in [-0.2, -0.15) is 0 Å². The predicted molar refractivity (Wildman–Crippen MR) is 83.0 cm³/mol. The number of nitrogens with one attached hydrogen (secondary N) is 2. The van der Waals surface area contributed by atoms with E-state index in [-0.39, 0.29) is 0 Å². The minimum Gasteiger partial charge on any atom is -0.384 e. The van der Waals surface area contributed by atoms with Crippen LogP contribution in [-0.4, -0.2) is 12.8 Å². The van der Waals surface area contributed by atoms with E-state index in [1.54, 1.807) is 0 Å². The largest absolute Gasteiger partial charge is 0.384 e. The molecule has 0 aromatic heterocycles. The molecule has 0 unspecified atom stereocenters. The Morgan fingerprint density at radius 3 is 2.37 bits per heavy atom. The Labute approximate surface area is 122 Å². The lowest BCUT2D eigenvalue weighted by atomic mass is 10.1. The standard InChI is InChI=1S/C15H14Cl2N2/c16-13-5-3-6-14(17)12(13)8-9-19-15-7-2-1-4-11(15)10-18/h1-7,10,18-19H,8-9H2. The molecule has 0 aliphatic carbocycles. The molecule has 98 valence electrons. The maximum atomic E-state index is 7.35. The molecular formula is C15H14Cl2N2. The van der Waals surface area contributed by atoms with Gasteiger partial charge in [0.1, 0.15) is 0 Å². The number of hydrogen-bond acceptors (Lipinski definition) is 2. The molecule has 0 fully saturated rings. The second-order valence-electron chi connectivity index (χ2n) is 4.11.